The van der Waals surface area contributed by atoms with Crippen LogP contribution >= 0.6 is 0 Å². The van der Waals surface area contributed by atoms with Crippen molar-refractivity contribution >= 4 is 5.97 Å². The monoisotopic (exact) mass is 238 g/mol. The smallest absolute Gasteiger partial charge is 0.331 e. The summed E-state index contributed by atoms with van der Waals surface area (Å²) in [7, 11) is 0. The molecule has 0 aromatic rings. The van der Waals surface area contributed by atoms with Gasteiger partial charge in [0, 0.05) is 5.57 Å². The van der Waals surface area contributed by atoms with E-state index in [0.717, 1.165) is 19.3 Å². The molecule has 0 bridgehead atoms. The van der Waals surface area contributed by atoms with Crippen molar-refractivity contribution in [3.05, 3.63) is 23.8 Å². The quantitative estimate of drug-likeness (QED) is 0.401. The summed E-state index contributed by atoms with van der Waals surface area (Å²) in [6, 6.07) is 0. The van der Waals surface area contributed by atoms with Gasteiger partial charge in [0.25, 0.3) is 0 Å². The Balaban J connectivity index is 4.12. The Morgan fingerprint density at radius 3 is 2.18 bits per heavy atom. The summed E-state index contributed by atoms with van der Waals surface area (Å²) in [5.41, 5.74) is 0.233. The number of carboxylic acid groups (broad SMARTS) is 1. The largest absolute Gasteiger partial charge is 0.478 e. The number of hydrogen-bond donors (Lipinski definition) is 1. The van der Waals surface area contributed by atoms with E-state index >= 15 is 0 Å². The van der Waals surface area contributed by atoms with Gasteiger partial charge in [0.2, 0.25) is 0 Å². The minimum absolute atomic E-state index is 0.280. The lowest BCUT2D eigenvalue weighted by atomic mass is 9.85. The molecule has 0 fully saturated rings. The molecule has 0 aliphatic rings. The maximum Gasteiger partial charge on any atom is 0.331 e. The van der Waals surface area contributed by atoms with Gasteiger partial charge in [0.15, 0.2) is 0 Å². The second-order valence-electron chi connectivity index (χ2n) is 5.36. The van der Waals surface area contributed by atoms with Crippen LogP contribution in [0, 0.1) is 5.41 Å². The van der Waals surface area contributed by atoms with Gasteiger partial charge in [-0.1, -0.05) is 58.8 Å². The van der Waals surface area contributed by atoms with E-state index in [-0.39, 0.29) is 5.41 Å². The summed E-state index contributed by atoms with van der Waals surface area (Å²) in [5, 5.41) is 9.10. The van der Waals surface area contributed by atoms with Gasteiger partial charge in [0.1, 0.15) is 0 Å². The van der Waals surface area contributed by atoms with Crippen LogP contribution in [0.5, 0.6) is 0 Å². The van der Waals surface area contributed by atoms with E-state index in [1.165, 1.54) is 12.8 Å². The van der Waals surface area contributed by atoms with Gasteiger partial charge in [-0.2, -0.15) is 0 Å². The molecule has 2 heteroatoms. The fourth-order valence-corrected chi connectivity index (χ4v) is 1.60. The van der Waals surface area contributed by atoms with Crippen LogP contribution in [0.2, 0.25) is 0 Å². The van der Waals surface area contributed by atoms with Crippen molar-refractivity contribution in [3.63, 3.8) is 0 Å². The molecule has 0 atom stereocenters. The number of hydrogen-bond acceptors (Lipinski definition) is 1. The van der Waals surface area contributed by atoms with Gasteiger partial charge in [-0.3, -0.25) is 0 Å². The summed E-state index contributed by atoms with van der Waals surface area (Å²) >= 11 is 0. The normalized spacial score (nSPS) is 13.3. The van der Waals surface area contributed by atoms with Gasteiger partial charge < -0.3 is 5.11 Å². The number of aliphatic carboxylic acids is 1. The second kappa shape index (κ2) is 8.10. The Kier molecular flexibility index (Phi) is 7.60. The third-order valence-corrected chi connectivity index (χ3v) is 2.61. The molecule has 0 heterocycles. The predicted octanol–water partition coefficient (Wildman–Crippen LogP) is 4.57. The van der Waals surface area contributed by atoms with Crippen LogP contribution in [0.4, 0.5) is 0 Å². The summed E-state index contributed by atoms with van der Waals surface area (Å²) in [6.07, 6.45) is 11.5. The van der Waals surface area contributed by atoms with E-state index in [9.17, 15) is 4.79 Å². The van der Waals surface area contributed by atoms with E-state index in [1.54, 1.807) is 0 Å². The molecule has 0 saturated carbocycles. The molecule has 0 aromatic heterocycles. The van der Waals surface area contributed by atoms with Crippen molar-refractivity contribution in [3.8, 4) is 0 Å². The SMILES string of the molecule is CCCCC=CCCC=C(C(=O)O)C(C)(C)C. The molecule has 0 amide bonds. The topological polar surface area (TPSA) is 37.3 Å². The third-order valence-electron chi connectivity index (χ3n) is 2.61. The highest BCUT2D eigenvalue weighted by atomic mass is 16.4. The Hall–Kier alpha value is -1.05. The Morgan fingerprint density at radius 2 is 1.71 bits per heavy atom. The summed E-state index contributed by atoms with van der Waals surface area (Å²) in [5.74, 6) is -0.799. The first-order chi connectivity index (χ1) is 7.89. The molecular weight excluding hydrogens is 212 g/mol. The predicted molar refractivity (Wildman–Crippen MR) is 73.1 cm³/mol. The van der Waals surface area contributed by atoms with Crippen LogP contribution in [0.15, 0.2) is 23.8 Å². The number of unbranched alkanes of at least 4 members (excludes halogenated alkanes) is 3. The van der Waals surface area contributed by atoms with E-state index in [1.807, 2.05) is 26.8 Å². The first kappa shape index (κ1) is 16.0. The van der Waals surface area contributed by atoms with Gasteiger partial charge in [0.05, 0.1) is 0 Å². The zero-order chi connectivity index (χ0) is 13.3. The molecule has 0 spiro atoms. The average molecular weight is 238 g/mol. The van der Waals surface area contributed by atoms with Crippen molar-refractivity contribution in [1.29, 1.82) is 0 Å². The Bertz CT molecular complexity index is 280. The van der Waals surface area contributed by atoms with Crippen molar-refractivity contribution in [2.75, 3.05) is 0 Å². The number of rotatable bonds is 7. The van der Waals surface area contributed by atoms with Gasteiger partial charge >= 0.3 is 5.97 Å². The summed E-state index contributed by atoms with van der Waals surface area (Å²) in [6.45, 7) is 7.98. The van der Waals surface area contributed by atoms with Crippen LogP contribution in [0.1, 0.15) is 59.8 Å². The Morgan fingerprint density at radius 1 is 1.12 bits per heavy atom. The summed E-state index contributed by atoms with van der Waals surface area (Å²) < 4.78 is 0. The van der Waals surface area contributed by atoms with Crippen molar-refractivity contribution < 1.29 is 9.90 Å². The lowest BCUT2D eigenvalue weighted by Gasteiger charge is -2.19. The number of carbonyl (C=O) groups is 1. The van der Waals surface area contributed by atoms with Gasteiger partial charge in [-0.05, 0) is 24.7 Å². The molecule has 0 aliphatic carbocycles. The molecular formula is C15H26O2. The van der Waals surface area contributed by atoms with Crippen molar-refractivity contribution in [2.24, 2.45) is 5.41 Å². The number of allylic oxidation sites excluding steroid dienone is 3. The molecule has 0 unspecified atom stereocenters. The third kappa shape index (κ3) is 7.78. The molecule has 1 N–H and O–H groups in total. The molecule has 0 radical (unpaired) electrons. The van der Waals surface area contributed by atoms with E-state index < -0.39 is 5.97 Å². The lowest BCUT2D eigenvalue weighted by Crippen LogP contribution is -2.17. The second-order valence-corrected chi connectivity index (χ2v) is 5.36. The molecule has 2 nitrogen and oxygen atoms in total. The average Bonchev–Trinajstić information content (AvgIpc) is 2.19. The zero-order valence-corrected chi connectivity index (χ0v) is 11.6. The van der Waals surface area contributed by atoms with Gasteiger partial charge in [-0.25, -0.2) is 4.79 Å². The van der Waals surface area contributed by atoms with Gasteiger partial charge in [-0.15, -0.1) is 0 Å². The highest BCUT2D eigenvalue weighted by Crippen LogP contribution is 2.25. The molecule has 0 saturated heterocycles. The van der Waals surface area contributed by atoms with E-state index in [0.29, 0.717) is 5.57 Å². The Labute approximate surface area is 105 Å². The zero-order valence-electron chi connectivity index (χ0n) is 11.6. The maximum absolute atomic E-state index is 11.1. The van der Waals surface area contributed by atoms with Crippen LogP contribution in [-0.2, 0) is 4.79 Å². The maximum atomic E-state index is 11.1. The van der Waals surface area contributed by atoms with Crippen molar-refractivity contribution in [2.45, 2.75) is 59.8 Å². The lowest BCUT2D eigenvalue weighted by molar-refractivity contribution is -0.133. The molecule has 0 aromatic carbocycles. The first-order valence-electron chi connectivity index (χ1n) is 6.48. The fourth-order valence-electron chi connectivity index (χ4n) is 1.60. The molecule has 98 valence electrons. The standard InChI is InChI=1S/C15H26O2/c1-5-6-7-8-9-10-11-12-13(14(16)17)15(2,3)4/h8-9,12H,5-7,10-11H2,1-4H3,(H,16,17). The van der Waals surface area contributed by atoms with Crippen molar-refractivity contribution in [1.82, 2.24) is 0 Å². The molecule has 17 heavy (non-hydrogen) atoms. The number of carboxylic acids is 1. The highest BCUT2D eigenvalue weighted by molar-refractivity contribution is 5.87. The molecule has 0 aliphatic heterocycles. The minimum atomic E-state index is -0.799. The van der Waals surface area contributed by atoms with Crippen LogP contribution < -0.4 is 0 Å². The van der Waals surface area contributed by atoms with E-state index in [4.69, 9.17) is 5.11 Å². The van der Waals surface area contributed by atoms with Crippen LogP contribution in [0.25, 0.3) is 0 Å². The summed E-state index contributed by atoms with van der Waals surface area (Å²) in [4.78, 5) is 11.1. The molecule has 0 rings (SSSR count). The van der Waals surface area contributed by atoms with Crippen LogP contribution in [-0.4, -0.2) is 11.1 Å². The van der Waals surface area contributed by atoms with Crippen LogP contribution in [0.3, 0.4) is 0 Å². The highest BCUT2D eigenvalue weighted by Gasteiger charge is 2.22. The fraction of sp³-hybridized carbons (Fsp3) is 0.667. The first-order valence-corrected chi connectivity index (χ1v) is 6.48. The van der Waals surface area contributed by atoms with E-state index in [2.05, 4.69) is 19.1 Å². The minimum Gasteiger partial charge on any atom is -0.478 e.